The van der Waals surface area contributed by atoms with Crippen LogP contribution in [-0.4, -0.2) is 33.2 Å². The maximum Gasteiger partial charge on any atom is 0.310 e. The number of rotatable bonds is 6. The standard InChI is InChI=1S/C9H14O6/c1-5(7(12)13)9(2,8(14)15)4-3-6(10)11/h5H,3-4H2,1-2H3,(H,10,11)(H,12,13)(H,14,15). The van der Waals surface area contributed by atoms with E-state index in [0.29, 0.717) is 0 Å². The van der Waals surface area contributed by atoms with E-state index in [2.05, 4.69) is 0 Å². The van der Waals surface area contributed by atoms with Crippen LogP contribution in [0.25, 0.3) is 0 Å². The fraction of sp³-hybridized carbons (Fsp3) is 0.667. The van der Waals surface area contributed by atoms with Crippen LogP contribution in [0.3, 0.4) is 0 Å². The Morgan fingerprint density at radius 1 is 1.20 bits per heavy atom. The molecule has 0 fully saturated rings. The minimum absolute atomic E-state index is 0.203. The Labute approximate surface area is 86.5 Å². The monoisotopic (exact) mass is 218 g/mol. The molecule has 2 unspecified atom stereocenters. The Bertz CT molecular complexity index is 284. The summed E-state index contributed by atoms with van der Waals surface area (Å²) in [6.07, 6.45) is -0.564. The van der Waals surface area contributed by atoms with Gasteiger partial charge < -0.3 is 15.3 Å². The molecule has 15 heavy (non-hydrogen) atoms. The molecular weight excluding hydrogens is 204 g/mol. The molecule has 86 valence electrons. The van der Waals surface area contributed by atoms with Gasteiger partial charge in [0, 0.05) is 6.42 Å². The van der Waals surface area contributed by atoms with Crippen LogP contribution in [-0.2, 0) is 14.4 Å². The van der Waals surface area contributed by atoms with Crippen molar-refractivity contribution in [3.05, 3.63) is 0 Å². The molecule has 0 heterocycles. The molecular formula is C9H14O6. The largest absolute Gasteiger partial charge is 0.481 e. The predicted molar refractivity (Wildman–Crippen MR) is 49.4 cm³/mol. The summed E-state index contributed by atoms with van der Waals surface area (Å²) in [5, 5.41) is 26.1. The van der Waals surface area contributed by atoms with Gasteiger partial charge in [0.15, 0.2) is 0 Å². The molecule has 6 heteroatoms. The first-order chi connectivity index (χ1) is 6.71. The van der Waals surface area contributed by atoms with E-state index in [0.717, 1.165) is 0 Å². The minimum Gasteiger partial charge on any atom is -0.481 e. The summed E-state index contributed by atoms with van der Waals surface area (Å²) in [4.78, 5) is 31.9. The van der Waals surface area contributed by atoms with Gasteiger partial charge in [-0.1, -0.05) is 6.92 Å². The van der Waals surface area contributed by atoms with E-state index >= 15 is 0 Å². The van der Waals surface area contributed by atoms with Crippen molar-refractivity contribution in [2.45, 2.75) is 26.7 Å². The third-order valence-electron chi connectivity index (χ3n) is 2.67. The second kappa shape index (κ2) is 4.77. The first-order valence-electron chi connectivity index (χ1n) is 4.40. The van der Waals surface area contributed by atoms with E-state index in [9.17, 15) is 14.4 Å². The minimum atomic E-state index is -1.55. The van der Waals surface area contributed by atoms with Crippen LogP contribution >= 0.6 is 0 Å². The molecule has 0 aliphatic rings. The van der Waals surface area contributed by atoms with E-state index in [1.54, 1.807) is 0 Å². The average Bonchev–Trinajstić information content (AvgIpc) is 2.12. The number of aliphatic carboxylic acids is 3. The summed E-state index contributed by atoms with van der Waals surface area (Å²) in [6, 6.07) is 0. The zero-order valence-corrected chi connectivity index (χ0v) is 8.56. The van der Waals surface area contributed by atoms with Crippen molar-refractivity contribution in [2.75, 3.05) is 0 Å². The van der Waals surface area contributed by atoms with Crippen molar-refractivity contribution in [3.8, 4) is 0 Å². The Hall–Kier alpha value is -1.59. The maximum atomic E-state index is 10.9. The van der Waals surface area contributed by atoms with E-state index in [4.69, 9.17) is 15.3 Å². The van der Waals surface area contributed by atoms with E-state index < -0.39 is 29.2 Å². The lowest BCUT2D eigenvalue weighted by molar-refractivity contribution is -0.161. The van der Waals surface area contributed by atoms with Gasteiger partial charge in [0.05, 0.1) is 11.3 Å². The number of hydrogen-bond donors (Lipinski definition) is 3. The van der Waals surface area contributed by atoms with Crippen molar-refractivity contribution in [2.24, 2.45) is 11.3 Å². The Balaban J connectivity index is 4.81. The fourth-order valence-electron chi connectivity index (χ4n) is 1.15. The maximum absolute atomic E-state index is 10.9. The highest BCUT2D eigenvalue weighted by Gasteiger charge is 2.42. The lowest BCUT2D eigenvalue weighted by atomic mass is 9.74. The number of carboxylic acid groups (broad SMARTS) is 3. The van der Waals surface area contributed by atoms with Gasteiger partial charge in [0.1, 0.15) is 0 Å². The van der Waals surface area contributed by atoms with E-state index in [1.807, 2.05) is 0 Å². The predicted octanol–water partition coefficient (Wildman–Crippen LogP) is 0.663. The molecule has 0 aromatic rings. The first-order valence-corrected chi connectivity index (χ1v) is 4.40. The molecule has 0 spiro atoms. The lowest BCUT2D eigenvalue weighted by Gasteiger charge is -2.27. The van der Waals surface area contributed by atoms with Crippen LogP contribution < -0.4 is 0 Å². The molecule has 0 saturated carbocycles. The molecule has 2 atom stereocenters. The van der Waals surface area contributed by atoms with Gasteiger partial charge >= 0.3 is 17.9 Å². The van der Waals surface area contributed by atoms with Gasteiger partial charge in [-0.25, -0.2) is 0 Å². The quantitative estimate of drug-likeness (QED) is 0.603. The molecule has 0 saturated heterocycles. The molecule has 0 amide bonds. The highest BCUT2D eigenvalue weighted by atomic mass is 16.4. The van der Waals surface area contributed by atoms with Crippen LogP contribution in [0.15, 0.2) is 0 Å². The van der Waals surface area contributed by atoms with Gasteiger partial charge in [-0.05, 0) is 13.3 Å². The molecule has 0 aliphatic heterocycles. The lowest BCUT2D eigenvalue weighted by Crippen LogP contribution is -2.39. The van der Waals surface area contributed by atoms with Crippen LogP contribution in [0.2, 0.25) is 0 Å². The molecule has 0 rings (SSSR count). The van der Waals surface area contributed by atoms with Crippen molar-refractivity contribution in [3.63, 3.8) is 0 Å². The van der Waals surface area contributed by atoms with Crippen molar-refractivity contribution < 1.29 is 29.7 Å². The van der Waals surface area contributed by atoms with Crippen molar-refractivity contribution >= 4 is 17.9 Å². The van der Waals surface area contributed by atoms with Gasteiger partial charge in [-0.3, -0.25) is 14.4 Å². The topological polar surface area (TPSA) is 112 Å². The van der Waals surface area contributed by atoms with Gasteiger partial charge in [-0.2, -0.15) is 0 Å². The van der Waals surface area contributed by atoms with Crippen LogP contribution in [0.4, 0.5) is 0 Å². The molecule has 3 N–H and O–H groups in total. The number of carboxylic acids is 3. The normalized spacial score (nSPS) is 16.4. The third-order valence-corrected chi connectivity index (χ3v) is 2.67. The van der Waals surface area contributed by atoms with E-state index in [-0.39, 0.29) is 12.8 Å². The molecule has 0 aromatic carbocycles. The SMILES string of the molecule is CC(C(=O)O)C(C)(CCC(=O)O)C(=O)O. The summed E-state index contributed by atoms with van der Waals surface area (Å²) in [5.41, 5.74) is -1.55. The highest BCUT2D eigenvalue weighted by Crippen LogP contribution is 2.33. The summed E-state index contributed by atoms with van der Waals surface area (Å²) in [5.74, 6) is -4.81. The second-order valence-electron chi connectivity index (χ2n) is 3.68. The summed E-state index contributed by atoms with van der Waals surface area (Å²) >= 11 is 0. The van der Waals surface area contributed by atoms with Crippen LogP contribution in [0.5, 0.6) is 0 Å². The first kappa shape index (κ1) is 13.4. The molecule has 6 nitrogen and oxygen atoms in total. The molecule has 0 radical (unpaired) electrons. The fourth-order valence-corrected chi connectivity index (χ4v) is 1.15. The summed E-state index contributed by atoms with van der Waals surface area (Å²) in [7, 11) is 0. The number of hydrogen-bond acceptors (Lipinski definition) is 3. The second-order valence-corrected chi connectivity index (χ2v) is 3.68. The average molecular weight is 218 g/mol. The molecule has 0 aromatic heterocycles. The smallest absolute Gasteiger partial charge is 0.310 e. The third kappa shape index (κ3) is 3.23. The van der Waals surface area contributed by atoms with E-state index in [1.165, 1.54) is 13.8 Å². The van der Waals surface area contributed by atoms with Gasteiger partial charge in [0.25, 0.3) is 0 Å². The Morgan fingerprint density at radius 3 is 1.93 bits per heavy atom. The zero-order chi connectivity index (χ0) is 12.2. The van der Waals surface area contributed by atoms with Crippen LogP contribution in [0, 0.1) is 11.3 Å². The van der Waals surface area contributed by atoms with Gasteiger partial charge in [-0.15, -0.1) is 0 Å². The highest BCUT2D eigenvalue weighted by molar-refractivity contribution is 5.83. The number of carbonyl (C=O) groups is 3. The molecule has 0 aliphatic carbocycles. The van der Waals surface area contributed by atoms with Crippen molar-refractivity contribution in [1.29, 1.82) is 0 Å². The zero-order valence-electron chi connectivity index (χ0n) is 8.56. The molecule has 0 bridgehead atoms. The van der Waals surface area contributed by atoms with Gasteiger partial charge in [0.2, 0.25) is 0 Å². The Morgan fingerprint density at radius 2 is 1.67 bits per heavy atom. The Kier molecular flexibility index (Phi) is 4.26. The summed E-state index contributed by atoms with van der Waals surface area (Å²) in [6.45, 7) is 2.51. The van der Waals surface area contributed by atoms with Crippen molar-refractivity contribution in [1.82, 2.24) is 0 Å². The van der Waals surface area contributed by atoms with Crippen LogP contribution in [0.1, 0.15) is 26.7 Å². The summed E-state index contributed by atoms with van der Waals surface area (Å²) < 4.78 is 0.